The molecule has 0 bridgehead atoms. The Balaban J connectivity index is 0.00000312. The summed E-state index contributed by atoms with van der Waals surface area (Å²) in [5.41, 5.74) is 0.500. The molecule has 1 aliphatic rings. The Morgan fingerprint density at radius 2 is 2.00 bits per heavy atom. The number of nitrogens with one attached hydrogen (secondary N) is 3. The molecule has 2 amide bonds. The lowest BCUT2D eigenvalue weighted by Crippen LogP contribution is -2.55. The molecular formula is C18H27Cl2N3O2. The highest BCUT2D eigenvalue weighted by atomic mass is 35.5. The molecule has 0 aromatic heterocycles. The maximum atomic E-state index is 12.7. The molecule has 1 aromatic rings. The molecule has 3 unspecified atom stereocenters. The van der Waals surface area contributed by atoms with E-state index in [1.165, 1.54) is 0 Å². The predicted octanol–water partition coefficient (Wildman–Crippen LogP) is 2.77. The van der Waals surface area contributed by atoms with Crippen LogP contribution in [0.1, 0.15) is 43.5 Å². The normalized spacial score (nSPS) is 19.2. The van der Waals surface area contributed by atoms with Gasteiger partial charge in [0.05, 0.1) is 0 Å². The Labute approximate surface area is 160 Å². The van der Waals surface area contributed by atoms with Crippen molar-refractivity contribution < 1.29 is 9.59 Å². The van der Waals surface area contributed by atoms with E-state index in [4.69, 9.17) is 11.6 Å². The molecule has 2 rings (SSSR count). The minimum Gasteiger partial charge on any atom is -0.350 e. The van der Waals surface area contributed by atoms with Gasteiger partial charge >= 0.3 is 0 Å². The van der Waals surface area contributed by atoms with E-state index in [0.717, 1.165) is 32.4 Å². The Morgan fingerprint density at radius 3 is 2.56 bits per heavy atom. The summed E-state index contributed by atoms with van der Waals surface area (Å²) in [7, 11) is 0. The fourth-order valence-corrected chi connectivity index (χ4v) is 2.92. The van der Waals surface area contributed by atoms with E-state index in [0.29, 0.717) is 10.6 Å². The summed E-state index contributed by atoms with van der Waals surface area (Å²) in [5, 5.41) is 9.80. The van der Waals surface area contributed by atoms with Crippen LogP contribution in [-0.2, 0) is 4.79 Å². The van der Waals surface area contributed by atoms with Gasteiger partial charge in [-0.25, -0.2) is 0 Å². The van der Waals surface area contributed by atoms with Crippen LogP contribution in [0.3, 0.4) is 0 Å². The number of benzene rings is 1. The second-order valence-corrected chi connectivity index (χ2v) is 6.83. The van der Waals surface area contributed by atoms with Crippen LogP contribution < -0.4 is 16.0 Å². The molecule has 7 heteroatoms. The molecule has 3 N–H and O–H groups in total. The van der Waals surface area contributed by atoms with Crippen LogP contribution in [0.4, 0.5) is 0 Å². The Bertz CT molecular complexity index is 560. The predicted molar refractivity (Wildman–Crippen MR) is 103 cm³/mol. The molecule has 0 radical (unpaired) electrons. The summed E-state index contributed by atoms with van der Waals surface area (Å²) >= 11 is 5.85. The fourth-order valence-electron chi connectivity index (χ4n) is 2.79. The number of rotatable bonds is 6. The molecule has 0 saturated carbocycles. The molecule has 1 aromatic carbocycles. The van der Waals surface area contributed by atoms with E-state index in [1.54, 1.807) is 24.3 Å². The maximum absolute atomic E-state index is 12.7. The first-order valence-corrected chi connectivity index (χ1v) is 8.96. The third-order valence-corrected chi connectivity index (χ3v) is 4.78. The lowest BCUT2D eigenvalue weighted by atomic mass is 9.97. The highest BCUT2D eigenvalue weighted by Crippen LogP contribution is 2.13. The minimum absolute atomic E-state index is 0. The molecule has 25 heavy (non-hydrogen) atoms. The highest BCUT2D eigenvalue weighted by Gasteiger charge is 2.28. The average molecular weight is 388 g/mol. The highest BCUT2D eigenvalue weighted by molar-refractivity contribution is 6.30. The van der Waals surface area contributed by atoms with Crippen molar-refractivity contribution in [2.75, 3.05) is 13.1 Å². The number of halogens is 2. The van der Waals surface area contributed by atoms with Crippen LogP contribution in [-0.4, -0.2) is 37.0 Å². The van der Waals surface area contributed by atoms with Crippen LogP contribution >= 0.6 is 24.0 Å². The molecule has 1 fully saturated rings. The summed E-state index contributed by atoms with van der Waals surface area (Å²) in [6, 6.07) is 6.25. The zero-order valence-corrected chi connectivity index (χ0v) is 16.3. The minimum atomic E-state index is -0.542. The second kappa shape index (κ2) is 10.6. The summed E-state index contributed by atoms with van der Waals surface area (Å²) in [6.07, 6.45) is 2.83. The first-order valence-electron chi connectivity index (χ1n) is 8.58. The van der Waals surface area contributed by atoms with Crippen LogP contribution in [0.25, 0.3) is 0 Å². The topological polar surface area (TPSA) is 70.2 Å². The van der Waals surface area contributed by atoms with Crippen molar-refractivity contribution in [1.29, 1.82) is 0 Å². The van der Waals surface area contributed by atoms with Gasteiger partial charge in [-0.3, -0.25) is 9.59 Å². The Kier molecular flexibility index (Phi) is 9.25. The van der Waals surface area contributed by atoms with Gasteiger partial charge in [-0.05, 0) is 49.6 Å². The van der Waals surface area contributed by atoms with Crippen molar-refractivity contribution >= 4 is 35.8 Å². The van der Waals surface area contributed by atoms with Crippen LogP contribution in [0, 0.1) is 5.92 Å². The van der Waals surface area contributed by atoms with Gasteiger partial charge in [0, 0.05) is 23.2 Å². The lowest BCUT2D eigenvalue weighted by Gasteiger charge is -2.29. The molecule has 140 valence electrons. The Hall–Kier alpha value is -1.30. The summed E-state index contributed by atoms with van der Waals surface area (Å²) < 4.78 is 0. The van der Waals surface area contributed by atoms with Gasteiger partial charge < -0.3 is 16.0 Å². The molecule has 1 heterocycles. The first kappa shape index (κ1) is 21.7. The number of hydrogen-bond acceptors (Lipinski definition) is 3. The average Bonchev–Trinajstić information content (AvgIpc) is 2.60. The van der Waals surface area contributed by atoms with Crippen LogP contribution in [0.2, 0.25) is 5.02 Å². The van der Waals surface area contributed by atoms with Crippen molar-refractivity contribution in [2.24, 2.45) is 5.92 Å². The monoisotopic (exact) mass is 387 g/mol. The zero-order chi connectivity index (χ0) is 17.5. The van der Waals surface area contributed by atoms with Gasteiger partial charge in [-0.15, -0.1) is 12.4 Å². The summed E-state index contributed by atoms with van der Waals surface area (Å²) in [5.74, 6) is -0.313. The van der Waals surface area contributed by atoms with Gasteiger partial charge in [-0.2, -0.15) is 0 Å². The molecule has 0 aliphatic carbocycles. The van der Waals surface area contributed by atoms with Crippen molar-refractivity contribution in [3.05, 3.63) is 34.9 Å². The van der Waals surface area contributed by atoms with E-state index in [2.05, 4.69) is 16.0 Å². The maximum Gasteiger partial charge on any atom is 0.251 e. The Morgan fingerprint density at radius 1 is 1.32 bits per heavy atom. The van der Waals surface area contributed by atoms with Crippen LogP contribution in [0.5, 0.6) is 0 Å². The molecule has 1 saturated heterocycles. The number of hydrogen-bond donors (Lipinski definition) is 3. The molecule has 1 aliphatic heterocycles. The lowest BCUT2D eigenvalue weighted by molar-refractivity contribution is -0.125. The number of piperidine rings is 1. The second-order valence-electron chi connectivity index (χ2n) is 6.40. The first-order chi connectivity index (χ1) is 11.5. The quantitative estimate of drug-likeness (QED) is 0.702. The third-order valence-electron chi connectivity index (χ3n) is 4.53. The SMILES string of the molecule is CCC(C)C(NC(=O)c1ccc(Cl)cc1)C(=O)NC1CCCNC1.Cl. The molecular weight excluding hydrogens is 361 g/mol. The third kappa shape index (κ3) is 6.49. The standard InChI is InChI=1S/C18H26ClN3O2.ClH/c1-3-12(2)16(18(24)21-15-5-4-10-20-11-15)22-17(23)13-6-8-14(19)9-7-13;/h6-9,12,15-16,20H,3-5,10-11H2,1-2H3,(H,21,24)(H,22,23);1H. The van der Waals surface area contributed by atoms with Crippen LogP contribution in [0.15, 0.2) is 24.3 Å². The van der Waals surface area contributed by atoms with E-state index in [-0.39, 0.29) is 36.2 Å². The van der Waals surface area contributed by atoms with Gasteiger partial charge in [-0.1, -0.05) is 31.9 Å². The van der Waals surface area contributed by atoms with E-state index < -0.39 is 6.04 Å². The van der Waals surface area contributed by atoms with E-state index >= 15 is 0 Å². The van der Waals surface area contributed by atoms with Gasteiger partial charge in [0.1, 0.15) is 6.04 Å². The largest absolute Gasteiger partial charge is 0.350 e. The van der Waals surface area contributed by atoms with Crippen molar-refractivity contribution in [2.45, 2.75) is 45.2 Å². The number of carbonyl (C=O) groups excluding carboxylic acids is 2. The van der Waals surface area contributed by atoms with Gasteiger partial charge in [0.2, 0.25) is 5.91 Å². The fraction of sp³-hybridized carbons (Fsp3) is 0.556. The van der Waals surface area contributed by atoms with Crippen molar-refractivity contribution in [3.63, 3.8) is 0 Å². The number of carbonyl (C=O) groups is 2. The molecule has 3 atom stereocenters. The van der Waals surface area contributed by atoms with E-state index in [1.807, 2.05) is 13.8 Å². The smallest absolute Gasteiger partial charge is 0.251 e. The summed E-state index contributed by atoms with van der Waals surface area (Å²) in [6.45, 7) is 5.77. The molecule has 5 nitrogen and oxygen atoms in total. The van der Waals surface area contributed by atoms with Gasteiger partial charge in [0.15, 0.2) is 0 Å². The van der Waals surface area contributed by atoms with Crippen molar-refractivity contribution in [3.8, 4) is 0 Å². The number of amides is 2. The van der Waals surface area contributed by atoms with E-state index in [9.17, 15) is 9.59 Å². The molecule has 0 spiro atoms. The zero-order valence-electron chi connectivity index (χ0n) is 14.7. The van der Waals surface area contributed by atoms with Gasteiger partial charge in [0.25, 0.3) is 5.91 Å². The van der Waals surface area contributed by atoms with Crippen molar-refractivity contribution in [1.82, 2.24) is 16.0 Å². The summed E-state index contributed by atoms with van der Waals surface area (Å²) in [4.78, 5) is 25.1.